The van der Waals surface area contributed by atoms with Gasteiger partial charge in [-0.05, 0) is 25.5 Å². The van der Waals surface area contributed by atoms with E-state index in [4.69, 9.17) is 0 Å². The van der Waals surface area contributed by atoms with Crippen LogP contribution in [0.25, 0.3) is 0 Å². The minimum atomic E-state index is -0.125. The molecule has 2 rings (SSSR count). The Morgan fingerprint density at radius 3 is 2.67 bits per heavy atom. The Balaban J connectivity index is 2.36. The van der Waals surface area contributed by atoms with Crippen LogP contribution in [-0.4, -0.2) is 22.4 Å². The second-order valence-electron chi connectivity index (χ2n) is 3.93. The number of nitrogens with zero attached hydrogens (tertiary/aromatic N) is 3. The van der Waals surface area contributed by atoms with Crippen LogP contribution in [0.1, 0.15) is 23.0 Å². The standard InChI is InChI=1S/C14H15N3O/c1-3-17(13-7-5-4-6-11(13)2)14(18)12-10-15-8-9-16-12/h4-10H,3H2,1-2H3. The van der Waals surface area contributed by atoms with Crippen LogP contribution in [0.3, 0.4) is 0 Å². The molecule has 1 amide bonds. The zero-order valence-electron chi connectivity index (χ0n) is 10.5. The summed E-state index contributed by atoms with van der Waals surface area (Å²) in [6.07, 6.45) is 4.57. The van der Waals surface area contributed by atoms with Gasteiger partial charge in [0.1, 0.15) is 5.69 Å². The Bertz CT molecular complexity index is 540. The van der Waals surface area contributed by atoms with Gasteiger partial charge >= 0.3 is 0 Å². The van der Waals surface area contributed by atoms with E-state index >= 15 is 0 Å². The quantitative estimate of drug-likeness (QED) is 0.829. The molecule has 4 heteroatoms. The van der Waals surface area contributed by atoms with E-state index in [1.165, 1.54) is 12.4 Å². The lowest BCUT2D eigenvalue weighted by Crippen LogP contribution is -2.31. The fourth-order valence-corrected chi connectivity index (χ4v) is 1.84. The van der Waals surface area contributed by atoms with Gasteiger partial charge in [-0.3, -0.25) is 9.78 Å². The van der Waals surface area contributed by atoms with Gasteiger partial charge < -0.3 is 4.90 Å². The number of hydrogen-bond acceptors (Lipinski definition) is 3. The molecule has 0 radical (unpaired) electrons. The predicted molar refractivity (Wildman–Crippen MR) is 70.6 cm³/mol. The minimum Gasteiger partial charge on any atom is -0.307 e. The first kappa shape index (κ1) is 12.2. The van der Waals surface area contributed by atoms with Gasteiger partial charge in [0, 0.05) is 24.6 Å². The van der Waals surface area contributed by atoms with E-state index in [0.29, 0.717) is 12.2 Å². The number of amides is 1. The highest BCUT2D eigenvalue weighted by Crippen LogP contribution is 2.20. The second-order valence-corrected chi connectivity index (χ2v) is 3.93. The zero-order valence-corrected chi connectivity index (χ0v) is 10.5. The third-order valence-corrected chi connectivity index (χ3v) is 2.75. The third-order valence-electron chi connectivity index (χ3n) is 2.75. The van der Waals surface area contributed by atoms with Gasteiger partial charge in [-0.25, -0.2) is 4.98 Å². The molecule has 0 atom stereocenters. The van der Waals surface area contributed by atoms with Crippen molar-refractivity contribution in [3.63, 3.8) is 0 Å². The number of aryl methyl sites for hydroxylation is 1. The molecule has 0 saturated heterocycles. The van der Waals surface area contributed by atoms with Crippen LogP contribution in [0.4, 0.5) is 5.69 Å². The molecule has 1 heterocycles. The van der Waals surface area contributed by atoms with Crippen molar-refractivity contribution in [2.45, 2.75) is 13.8 Å². The molecule has 0 aliphatic heterocycles. The normalized spacial score (nSPS) is 10.1. The lowest BCUT2D eigenvalue weighted by atomic mass is 10.1. The molecule has 0 fully saturated rings. The maximum Gasteiger partial charge on any atom is 0.278 e. The maximum atomic E-state index is 12.4. The average Bonchev–Trinajstić information content (AvgIpc) is 2.42. The smallest absolute Gasteiger partial charge is 0.278 e. The molecule has 0 aliphatic rings. The van der Waals surface area contributed by atoms with Gasteiger partial charge in [-0.2, -0.15) is 0 Å². The van der Waals surface area contributed by atoms with Gasteiger partial charge in [-0.1, -0.05) is 18.2 Å². The van der Waals surface area contributed by atoms with E-state index in [-0.39, 0.29) is 5.91 Å². The number of para-hydroxylation sites is 1. The molecule has 0 unspecified atom stereocenters. The summed E-state index contributed by atoms with van der Waals surface area (Å²) in [6.45, 7) is 4.53. The van der Waals surface area contributed by atoms with Crippen LogP contribution in [-0.2, 0) is 0 Å². The number of rotatable bonds is 3. The van der Waals surface area contributed by atoms with Crippen molar-refractivity contribution in [2.75, 3.05) is 11.4 Å². The van der Waals surface area contributed by atoms with Crippen LogP contribution in [0.5, 0.6) is 0 Å². The van der Waals surface area contributed by atoms with Crippen molar-refractivity contribution in [3.8, 4) is 0 Å². The zero-order chi connectivity index (χ0) is 13.0. The van der Waals surface area contributed by atoms with Crippen LogP contribution in [0, 0.1) is 6.92 Å². The van der Waals surface area contributed by atoms with Gasteiger partial charge in [0.2, 0.25) is 0 Å². The van der Waals surface area contributed by atoms with E-state index < -0.39 is 0 Å². The highest BCUT2D eigenvalue weighted by Gasteiger charge is 2.18. The predicted octanol–water partition coefficient (Wildman–Crippen LogP) is 2.45. The van der Waals surface area contributed by atoms with Crippen LogP contribution in [0.15, 0.2) is 42.9 Å². The fourth-order valence-electron chi connectivity index (χ4n) is 1.84. The molecule has 1 aromatic heterocycles. The number of benzene rings is 1. The number of carbonyl (C=O) groups is 1. The first-order valence-corrected chi connectivity index (χ1v) is 5.87. The van der Waals surface area contributed by atoms with Crippen molar-refractivity contribution >= 4 is 11.6 Å². The van der Waals surface area contributed by atoms with Crippen molar-refractivity contribution in [1.29, 1.82) is 0 Å². The summed E-state index contributed by atoms with van der Waals surface area (Å²) in [5, 5.41) is 0. The van der Waals surface area contributed by atoms with E-state index in [1.807, 2.05) is 38.1 Å². The first-order valence-electron chi connectivity index (χ1n) is 5.87. The Kier molecular flexibility index (Phi) is 3.67. The molecule has 4 nitrogen and oxygen atoms in total. The Hall–Kier alpha value is -2.23. The molecule has 0 bridgehead atoms. The van der Waals surface area contributed by atoms with Crippen molar-refractivity contribution in [2.24, 2.45) is 0 Å². The van der Waals surface area contributed by atoms with Gasteiger partial charge in [-0.15, -0.1) is 0 Å². The molecule has 0 N–H and O–H groups in total. The molecule has 0 saturated carbocycles. The van der Waals surface area contributed by atoms with Crippen molar-refractivity contribution in [3.05, 3.63) is 54.1 Å². The molecule has 92 valence electrons. The average molecular weight is 241 g/mol. The van der Waals surface area contributed by atoms with Crippen LogP contribution >= 0.6 is 0 Å². The summed E-state index contributed by atoms with van der Waals surface area (Å²) >= 11 is 0. The van der Waals surface area contributed by atoms with Crippen molar-refractivity contribution in [1.82, 2.24) is 9.97 Å². The van der Waals surface area contributed by atoms with Gasteiger partial charge in [0.15, 0.2) is 0 Å². The summed E-state index contributed by atoms with van der Waals surface area (Å²) < 4.78 is 0. The van der Waals surface area contributed by atoms with Crippen molar-refractivity contribution < 1.29 is 4.79 Å². The van der Waals surface area contributed by atoms with E-state index in [2.05, 4.69) is 9.97 Å². The summed E-state index contributed by atoms with van der Waals surface area (Å²) in [5.74, 6) is -0.125. The Morgan fingerprint density at radius 1 is 1.28 bits per heavy atom. The topological polar surface area (TPSA) is 46.1 Å². The second kappa shape index (κ2) is 5.40. The first-order chi connectivity index (χ1) is 8.74. The van der Waals surface area contributed by atoms with Gasteiger partial charge in [0.25, 0.3) is 5.91 Å². The van der Waals surface area contributed by atoms with Crippen LogP contribution < -0.4 is 4.90 Å². The molecule has 2 aromatic rings. The molecule has 18 heavy (non-hydrogen) atoms. The van der Waals surface area contributed by atoms with E-state index in [9.17, 15) is 4.79 Å². The van der Waals surface area contributed by atoms with E-state index in [1.54, 1.807) is 11.1 Å². The number of carbonyl (C=O) groups excluding carboxylic acids is 1. The SMILES string of the molecule is CCN(C(=O)c1cnccn1)c1ccccc1C. The largest absolute Gasteiger partial charge is 0.307 e. The molecule has 1 aromatic carbocycles. The highest BCUT2D eigenvalue weighted by atomic mass is 16.2. The van der Waals surface area contributed by atoms with Crippen LogP contribution in [0.2, 0.25) is 0 Å². The Morgan fingerprint density at radius 2 is 2.06 bits per heavy atom. The maximum absolute atomic E-state index is 12.4. The monoisotopic (exact) mass is 241 g/mol. The summed E-state index contributed by atoms with van der Waals surface area (Å²) in [6, 6.07) is 7.81. The highest BCUT2D eigenvalue weighted by molar-refractivity contribution is 6.04. The third kappa shape index (κ3) is 2.37. The summed E-state index contributed by atoms with van der Waals surface area (Å²) in [7, 11) is 0. The number of anilines is 1. The fraction of sp³-hybridized carbons (Fsp3) is 0.214. The van der Waals surface area contributed by atoms with Gasteiger partial charge in [0.05, 0.1) is 6.20 Å². The summed E-state index contributed by atoms with van der Waals surface area (Å²) in [5.41, 5.74) is 2.34. The molecular formula is C14H15N3O. The molecular weight excluding hydrogens is 226 g/mol. The lowest BCUT2D eigenvalue weighted by Gasteiger charge is -2.22. The molecule has 0 aliphatic carbocycles. The molecule has 0 spiro atoms. The summed E-state index contributed by atoms with van der Waals surface area (Å²) in [4.78, 5) is 22.0. The lowest BCUT2D eigenvalue weighted by molar-refractivity contribution is 0.0983. The minimum absolute atomic E-state index is 0.125. The number of aromatic nitrogens is 2. The number of hydrogen-bond donors (Lipinski definition) is 0. The Labute approximate surface area is 106 Å². The van der Waals surface area contributed by atoms with E-state index in [0.717, 1.165) is 11.3 Å².